The normalized spacial score (nSPS) is 17.8. The van der Waals surface area contributed by atoms with Crippen LogP contribution in [0.5, 0.6) is 0 Å². The average molecular weight is 273 g/mol. The van der Waals surface area contributed by atoms with Crippen LogP contribution >= 0.6 is 7.82 Å². The first-order valence-corrected chi connectivity index (χ1v) is 6.58. The zero-order valence-corrected chi connectivity index (χ0v) is 11.3. The second-order valence-corrected chi connectivity index (χ2v) is 6.01. The molecule has 0 aromatic carbocycles. The van der Waals surface area contributed by atoms with Crippen LogP contribution in [0.25, 0.3) is 0 Å². The molecule has 8 nitrogen and oxygen atoms in total. The van der Waals surface area contributed by atoms with Crippen molar-refractivity contribution in [1.29, 1.82) is 0 Å². The smallest absolute Gasteiger partial charge is 0.393 e. The van der Waals surface area contributed by atoms with Crippen LogP contribution in [0.4, 0.5) is 0 Å². The maximum Gasteiger partial charge on any atom is 0.472 e. The van der Waals surface area contributed by atoms with E-state index in [0.29, 0.717) is 11.0 Å². The maximum atomic E-state index is 11.4. The van der Waals surface area contributed by atoms with E-state index in [1.165, 1.54) is 0 Å². The van der Waals surface area contributed by atoms with E-state index in [0.717, 1.165) is 0 Å². The molecule has 17 heavy (non-hydrogen) atoms. The van der Waals surface area contributed by atoms with E-state index >= 15 is 0 Å². The van der Waals surface area contributed by atoms with Crippen LogP contribution in [0.2, 0.25) is 0 Å². The number of rotatable bonds is 9. The zero-order chi connectivity index (χ0) is 13.5. The number of aliphatic hydroxyl groups excluding tert-OH is 1. The number of likely N-dealkylation sites (N-methyl/N-ethyl adjacent to an activating group) is 1. The second-order valence-electron chi connectivity index (χ2n) is 4.55. The monoisotopic (exact) mass is 273 g/mol. The summed E-state index contributed by atoms with van der Waals surface area (Å²) in [6, 6.07) is 0. The fourth-order valence-electron chi connectivity index (χ4n) is 0.780. The van der Waals surface area contributed by atoms with Gasteiger partial charge in [0.05, 0.1) is 34.4 Å². The van der Waals surface area contributed by atoms with Crippen molar-refractivity contribution in [1.82, 2.24) is 0 Å². The van der Waals surface area contributed by atoms with Gasteiger partial charge in [-0.3, -0.25) is 13.9 Å². The van der Waals surface area contributed by atoms with Gasteiger partial charge in [0, 0.05) is 0 Å². The van der Waals surface area contributed by atoms with Crippen LogP contribution in [0.3, 0.4) is 0 Å². The van der Waals surface area contributed by atoms with Gasteiger partial charge in [0.1, 0.15) is 19.3 Å². The van der Waals surface area contributed by atoms with E-state index in [1.54, 1.807) is 0 Å². The van der Waals surface area contributed by atoms with Crippen molar-refractivity contribution in [3.8, 4) is 0 Å². The van der Waals surface area contributed by atoms with Gasteiger partial charge in [0.15, 0.2) is 0 Å². The zero-order valence-electron chi connectivity index (χ0n) is 10.4. The summed E-state index contributed by atoms with van der Waals surface area (Å²) in [4.78, 5) is 13.6. The summed E-state index contributed by atoms with van der Waals surface area (Å²) >= 11 is 0. The van der Waals surface area contributed by atoms with Crippen molar-refractivity contribution in [2.75, 3.05) is 47.5 Å². The topological polar surface area (TPSA) is 111 Å². The molecule has 0 saturated carbocycles. The van der Waals surface area contributed by atoms with Gasteiger partial charge >= 0.3 is 7.82 Å². The highest BCUT2D eigenvalue weighted by Gasteiger charge is 2.24. The van der Waals surface area contributed by atoms with Crippen molar-refractivity contribution in [3.63, 3.8) is 0 Å². The van der Waals surface area contributed by atoms with E-state index in [2.05, 4.69) is 9.36 Å². The van der Waals surface area contributed by atoms with Gasteiger partial charge in [-0.15, -0.1) is 0 Å². The molecule has 0 aromatic heterocycles. The Labute approximate surface area is 101 Å². The lowest BCUT2D eigenvalue weighted by atomic mass is 10.4. The van der Waals surface area contributed by atoms with Gasteiger partial charge in [-0.1, -0.05) is 0 Å². The Balaban J connectivity index is 3.92. The Morgan fingerprint density at radius 1 is 1.35 bits per heavy atom. The van der Waals surface area contributed by atoms with Crippen LogP contribution in [0.1, 0.15) is 0 Å². The largest absolute Gasteiger partial charge is 0.472 e. The van der Waals surface area contributed by atoms with E-state index in [9.17, 15) is 9.46 Å². The van der Waals surface area contributed by atoms with Gasteiger partial charge in [0.2, 0.25) is 0 Å². The maximum absolute atomic E-state index is 11.4. The van der Waals surface area contributed by atoms with Crippen LogP contribution in [-0.4, -0.2) is 68.1 Å². The molecular formula is C8H22N2O6P+. The number of phosphoric acid groups is 1. The number of quaternary nitrogens is 1. The average Bonchev–Trinajstić information content (AvgIpc) is 2.16. The number of aliphatic hydroxyl groups is 1. The van der Waals surface area contributed by atoms with Crippen LogP contribution < -0.4 is 5.90 Å². The summed E-state index contributed by atoms with van der Waals surface area (Å²) in [5, 5.41) is 8.71. The van der Waals surface area contributed by atoms with Gasteiger partial charge in [0.25, 0.3) is 0 Å². The highest BCUT2D eigenvalue weighted by molar-refractivity contribution is 7.47. The number of nitrogens with zero attached hydrogens (tertiary/aromatic N) is 1. The van der Waals surface area contributed by atoms with Gasteiger partial charge in [-0.25, -0.2) is 10.5 Å². The SMILES string of the molecule is C[N+](C)(C)CCOP(=O)(O)OCC(CO)ON. The second kappa shape index (κ2) is 7.40. The molecule has 0 aliphatic rings. The summed E-state index contributed by atoms with van der Waals surface area (Å²) < 4.78 is 21.3. The molecule has 0 aliphatic heterocycles. The van der Waals surface area contributed by atoms with E-state index in [1.807, 2.05) is 21.1 Å². The van der Waals surface area contributed by atoms with Crippen molar-refractivity contribution in [3.05, 3.63) is 0 Å². The molecule has 0 radical (unpaired) electrons. The molecule has 2 atom stereocenters. The molecule has 0 fully saturated rings. The Morgan fingerprint density at radius 3 is 2.35 bits per heavy atom. The number of hydrogen-bond donors (Lipinski definition) is 3. The summed E-state index contributed by atoms with van der Waals surface area (Å²) in [5.74, 6) is 4.82. The minimum Gasteiger partial charge on any atom is -0.393 e. The summed E-state index contributed by atoms with van der Waals surface area (Å²) in [5.41, 5.74) is 0. The highest BCUT2D eigenvalue weighted by atomic mass is 31.2. The summed E-state index contributed by atoms with van der Waals surface area (Å²) in [6.45, 7) is -0.0736. The number of hydrogen-bond acceptors (Lipinski definition) is 6. The third-order valence-corrected chi connectivity index (χ3v) is 2.82. The standard InChI is InChI=1S/C8H21N2O6P/c1-10(2,3)4-5-14-17(12,13)15-7-8(6-11)16-9/h8,11H,4-7,9H2,1-3H3/p+1. The fraction of sp³-hybridized carbons (Fsp3) is 1.00. The molecule has 0 saturated heterocycles. The Morgan fingerprint density at radius 2 is 1.94 bits per heavy atom. The molecule has 0 rings (SSSR count). The summed E-state index contributed by atoms with van der Waals surface area (Å²) in [6.07, 6.45) is -0.850. The van der Waals surface area contributed by atoms with E-state index in [4.69, 9.17) is 15.5 Å². The van der Waals surface area contributed by atoms with Crippen LogP contribution in [-0.2, 0) is 18.5 Å². The van der Waals surface area contributed by atoms with Crippen molar-refractivity contribution in [2.45, 2.75) is 6.10 Å². The van der Waals surface area contributed by atoms with E-state index in [-0.39, 0.29) is 13.2 Å². The molecule has 9 heteroatoms. The highest BCUT2D eigenvalue weighted by Crippen LogP contribution is 2.43. The molecule has 2 unspecified atom stereocenters. The van der Waals surface area contributed by atoms with Crippen molar-refractivity contribution in [2.24, 2.45) is 5.90 Å². The molecule has 0 heterocycles. The molecule has 0 bridgehead atoms. The molecule has 4 N–H and O–H groups in total. The van der Waals surface area contributed by atoms with Gasteiger partial charge in [-0.2, -0.15) is 0 Å². The first-order chi connectivity index (χ1) is 7.70. The lowest BCUT2D eigenvalue weighted by molar-refractivity contribution is -0.870. The third kappa shape index (κ3) is 9.63. The van der Waals surface area contributed by atoms with Crippen LogP contribution in [0, 0.1) is 0 Å². The molecule has 0 spiro atoms. The van der Waals surface area contributed by atoms with E-state index < -0.39 is 20.5 Å². The third-order valence-electron chi connectivity index (χ3n) is 1.84. The lowest BCUT2D eigenvalue weighted by Gasteiger charge is -2.24. The van der Waals surface area contributed by atoms with Crippen LogP contribution in [0.15, 0.2) is 0 Å². The number of nitrogens with two attached hydrogens (primary N) is 1. The Hall–Kier alpha value is -0.0500. The quantitative estimate of drug-likeness (QED) is 0.283. The van der Waals surface area contributed by atoms with Gasteiger partial charge in [-0.05, 0) is 0 Å². The molecule has 0 aromatic rings. The molecule has 0 aliphatic carbocycles. The van der Waals surface area contributed by atoms with Crippen molar-refractivity contribution < 1.29 is 32.9 Å². The first-order valence-electron chi connectivity index (χ1n) is 5.09. The summed E-state index contributed by atoms with van der Waals surface area (Å²) in [7, 11) is 1.67. The minimum absolute atomic E-state index is 0.0878. The predicted octanol–water partition coefficient (Wildman–Crippen LogP) is -0.923. The molecular weight excluding hydrogens is 251 g/mol. The molecule has 0 amide bonds. The Bertz CT molecular complexity index is 253. The first kappa shape index (κ1) is 16.9. The predicted molar refractivity (Wildman–Crippen MR) is 60.8 cm³/mol. The Kier molecular flexibility index (Phi) is 7.38. The van der Waals surface area contributed by atoms with Crippen molar-refractivity contribution >= 4 is 7.82 Å². The fourth-order valence-corrected chi connectivity index (χ4v) is 1.52. The lowest BCUT2D eigenvalue weighted by Crippen LogP contribution is -2.37. The minimum atomic E-state index is -4.12. The number of phosphoric ester groups is 1. The van der Waals surface area contributed by atoms with Gasteiger partial charge < -0.3 is 14.5 Å². The molecule has 104 valence electrons.